The van der Waals surface area contributed by atoms with Gasteiger partial charge in [-0.1, -0.05) is 40.5 Å². The van der Waals surface area contributed by atoms with Gasteiger partial charge in [0.05, 0.1) is 6.10 Å². The minimum absolute atomic E-state index is 0.537. The van der Waals surface area contributed by atoms with Crippen molar-refractivity contribution in [2.24, 2.45) is 17.8 Å². The minimum Gasteiger partial charge on any atom is -0.377 e. The SMILES string of the molecule is CCC(C)C1OCC(C)C1CC. The lowest BCUT2D eigenvalue weighted by atomic mass is 9.83. The topological polar surface area (TPSA) is 9.23 Å². The highest BCUT2D eigenvalue weighted by Gasteiger charge is 2.35. The molecule has 12 heavy (non-hydrogen) atoms. The Balaban J connectivity index is 2.53. The van der Waals surface area contributed by atoms with E-state index in [2.05, 4.69) is 27.7 Å². The van der Waals surface area contributed by atoms with Crippen LogP contribution in [0.5, 0.6) is 0 Å². The van der Waals surface area contributed by atoms with E-state index in [9.17, 15) is 0 Å². The molecule has 0 aromatic carbocycles. The average Bonchev–Trinajstić information content (AvgIpc) is 2.45. The Bertz CT molecular complexity index is 133. The molecule has 1 aliphatic heterocycles. The van der Waals surface area contributed by atoms with Gasteiger partial charge in [-0.25, -0.2) is 0 Å². The third-order valence-corrected chi connectivity index (χ3v) is 3.38. The molecule has 1 fully saturated rings. The summed E-state index contributed by atoms with van der Waals surface area (Å²) < 4.78 is 5.82. The molecule has 1 nitrogen and oxygen atoms in total. The molecule has 0 aliphatic carbocycles. The van der Waals surface area contributed by atoms with Gasteiger partial charge in [-0.3, -0.25) is 0 Å². The number of ether oxygens (including phenoxy) is 1. The summed E-state index contributed by atoms with van der Waals surface area (Å²) in [5.41, 5.74) is 0. The Morgan fingerprint density at radius 3 is 2.58 bits per heavy atom. The van der Waals surface area contributed by atoms with Crippen molar-refractivity contribution in [1.82, 2.24) is 0 Å². The first-order valence-corrected chi connectivity index (χ1v) is 5.32. The molecule has 0 N–H and O–H groups in total. The van der Waals surface area contributed by atoms with Gasteiger partial charge in [0.2, 0.25) is 0 Å². The summed E-state index contributed by atoms with van der Waals surface area (Å²) in [6.07, 6.45) is 3.05. The molecular weight excluding hydrogens is 148 g/mol. The molecule has 1 rings (SSSR count). The zero-order valence-corrected chi connectivity index (χ0v) is 8.84. The van der Waals surface area contributed by atoms with Crippen molar-refractivity contribution in [2.75, 3.05) is 6.61 Å². The van der Waals surface area contributed by atoms with Crippen LogP contribution in [0.25, 0.3) is 0 Å². The van der Waals surface area contributed by atoms with Crippen molar-refractivity contribution in [2.45, 2.75) is 46.6 Å². The van der Waals surface area contributed by atoms with Crippen LogP contribution in [0.4, 0.5) is 0 Å². The molecule has 0 aromatic heterocycles. The summed E-state index contributed by atoms with van der Waals surface area (Å²) in [6.45, 7) is 10.1. The lowest BCUT2D eigenvalue weighted by Crippen LogP contribution is -2.25. The summed E-state index contributed by atoms with van der Waals surface area (Å²) >= 11 is 0. The monoisotopic (exact) mass is 170 g/mol. The highest BCUT2D eigenvalue weighted by molar-refractivity contribution is 4.83. The normalized spacial score (nSPS) is 38.5. The summed E-state index contributed by atoms with van der Waals surface area (Å²) in [5, 5.41) is 0. The first kappa shape index (κ1) is 10.0. The number of hydrogen-bond donors (Lipinski definition) is 0. The molecule has 0 aromatic rings. The minimum atomic E-state index is 0.537. The first-order valence-electron chi connectivity index (χ1n) is 5.32. The molecule has 0 spiro atoms. The lowest BCUT2D eigenvalue weighted by molar-refractivity contribution is 0.0456. The van der Waals surface area contributed by atoms with Crippen molar-refractivity contribution in [3.63, 3.8) is 0 Å². The lowest BCUT2D eigenvalue weighted by Gasteiger charge is -2.24. The number of rotatable bonds is 3. The van der Waals surface area contributed by atoms with Gasteiger partial charge in [0, 0.05) is 6.61 Å². The molecule has 1 saturated heterocycles. The van der Waals surface area contributed by atoms with E-state index in [0.29, 0.717) is 6.10 Å². The smallest absolute Gasteiger partial charge is 0.0632 e. The van der Waals surface area contributed by atoms with E-state index in [-0.39, 0.29) is 0 Å². The van der Waals surface area contributed by atoms with E-state index in [1.165, 1.54) is 12.8 Å². The van der Waals surface area contributed by atoms with Crippen LogP contribution in [0.15, 0.2) is 0 Å². The van der Waals surface area contributed by atoms with Crippen LogP contribution in [0, 0.1) is 17.8 Å². The van der Waals surface area contributed by atoms with Gasteiger partial charge < -0.3 is 4.74 Å². The average molecular weight is 170 g/mol. The third-order valence-electron chi connectivity index (χ3n) is 3.38. The Morgan fingerprint density at radius 1 is 1.42 bits per heavy atom. The molecular formula is C11H22O. The summed E-state index contributed by atoms with van der Waals surface area (Å²) in [5.74, 6) is 2.31. The van der Waals surface area contributed by atoms with Gasteiger partial charge in [-0.05, 0) is 17.8 Å². The Hall–Kier alpha value is -0.0400. The second kappa shape index (κ2) is 4.27. The molecule has 4 atom stereocenters. The van der Waals surface area contributed by atoms with Gasteiger partial charge >= 0.3 is 0 Å². The second-order valence-corrected chi connectivity index (χ2v) is 4.23. The van der Waals surface area contributed by atoms with Crippen LogP contribution >= 0.6 is 0 Å². The van der Waals surface area contributed by atoms with Crippen LogP contribution in [0.1, 0.15) is 40.5 Å². The Kier molecular flexibility index (Phi) is 3.57. The quantitative estimate of drug-likeness (QED) is 0.632. The fraction of sp³-hybridized carbons (Fsp3) is 1.00. The maximum absolute atomic E-state index is 5.82. The molecule has 0 amide bonds. The summed E-state index contributed by atoms with van der Waals surface area (Å²) in [7, 11) is 0. The fourth-order valence-corrected chi connectivity index (χ4v) is 2.29. The second-order valence-electron chi connectivity index (χ2n) is 4.23. The van der Waals surface area contributed by atoms with Crippen molar-refractivity contribution < 1.29 is 4.74 Å². The molecule has 4 unspecified atom stereocenters. The maximum Gasteiger partial charge on any atom is 0.0632 e. The zero-order chi connectivity index (χ0) is 9.14. The molecule has 1 aliphatic rings. The van der Waals surface area contributed by atoms with E-state index >= 15 is 0 Å². The summed E-state index contributed by atoms with van der Waals surface area (Å²) in [4.78, 5) is 0. The van der Waals surface area contributed by atoms with Gasteiger partial charge in [0.1, 0.15) is 0 Å². The zero-order valence-electron chi connectivity index (χ0n) is 8.84. The van der Waals surface area contributed by atoms with Crippen LogP contribution in [0.2, 0.25) is 0 Å². The Morgan fingerprint density at radius 2 is 2.08 bits per heavy atom. The molecule has 1 heterocycles. The maximum atomic E-state index is 5.82. The molecule has 0 bridgehead atoms. The first-order chi connectivity index (χ1) is 5.70. The number of hydrogen-bond acceptors (Lipinski definition) is 1. The van der Waals surface area contributed by atoms with Gasteiger partial charge in [-0.2, -0.15) is 0 Å². The predicted molar refractivity (Wildman–Crippen MR) is 52.1 cm³/mol. The van der Waals surface area contributed by atoms with E-state index in [0.717, 1.165) is 24.4 Å². The van der Waals surface area contributed by atoms with Crippen LogP contribution in [0.3, 0.4) is 0 Å². The van der Waals surface area contributed by atoms with Crippen molar-refractivity contribution in [3.8, 4) is 0 Å². The molecule has 0 radical (unpaired) electrons. The highest BCUT2D eigenvalue weighted by atomic mass is 16.5. The van der Waals surface area contributed by atoms with Crippen LogP contribution < -0.4 is 0 Å². The fourth-order valence-electron chi connectivity index (χ4n) is 2.29. The standard InChI is InChI=1S/C11H22O/c1-5-8(3)11-10(6-2)9(4)7-12-11/h8-11H,5-7H2,1-4H3. The van der Waals surface area contributed by atoms with Crippen molar-refractivity contribution in [3.05, 3.63) is 0 Å². The van der Waals surface area contributed by atoms with Crippen molar-refractivity contribution in [1.29, 1.82) is 0 Å². The van der Waals surface area contributed by atoms with E-state index in [1.54, 1.807) is 0 Å². The summed E-state index contributed by atoms with van der Waals surface area (Å²) in [6, 6.07) is 0. The van der Waals surface area contributed by atoms with Gasteiger partial charge in [0.25, 0.3) is 0 Å². The largest absolute Gasteiger partial charge is 0.377 e. The van der Waals surface area contributed by atoms with E-state index < -0.39 is 0 Å². The highest BCUT2D eigenvalue weighted by Crippen LogP contribution is 2.34. The Labute approximate surface area is 76.5 Å². The molecule has 1 heteroatoms. The van der Waals surface area contributed by atoms with Crippen molar-refractivity contribution >= 4 is 0 Å². The molecule has 72 valence electrons. The third kappa shape index (κ3) is 1.82. The van der Waals surface area contributed by atoms with Crippen LogP contribution in [-0.2, 0) is 4.74 Å². The van der Waals surface area contributed by atoms with E-state index in [1.807, 2.05) is 0 Å². The van der Waals surface area contributed by atoms with Crippen LogP contribution in [-0.4, -0.2) is 12.7 Å². The van der Waals surface area contributed by atoms with Gasteiger partial charge in [0.15, 0.2) is 0 Å². The predicted octanol–water partition coefficient (Wildman–Crippen LogP) is 3.09. The van der Waals surface area contributed by atoms with Gasteiger partial charge in [-0.15, -0.1) is 0 Å². The molecule has 0 saturated carbocycles. The van der Waals surface area contributed by atoms with E-state index in [4.69, 9.17) is 4.74 Å².